The van der Waals surface area contributed by atoms with Crippen LogP contribution in [0.3, 0.4) is 0 Å². The Morgan fingerprint density at radius 2 is 2.21 bits per heavy atom. The van der Waals surface area contributed by atoms with E-state index in [1.807, 2.05) is 7.05 Å². The number of aromatic carboxylic acids is 1. The van der Waals surface area contributed by atoms with Gasteiger partial charge < -0.3 is 25.8 Å². The number of nitrogens with one attached hydrogen (secondary N) is 1. The van der Waals surface area contributed by atoms with E-state index in [0.29, 0.717) is 24.5 Å². The number of methoxy groups -OCH3 is 1. The van der Waals surface area contributed by atoms with Crippen LogP contribution >= 0.6 is 0 Å². The van der Waals surface area contributed by atoms with Crippen LogP contribution in [-0.4, -0.2) is 56.4 Å². The molecule has 106 valence electrons. The highest BCUT2D eigenvalue weighted by Crippen LogP contribution is 2.23. The van der Waals surface area contributed by atoms with E-state index in [1.165, 1.54) is 6.07 Å². The zero-order valence-corrected chi connectivity index (χ0v) is 11.3. The van der Waals surface area contributed by atoms with Gasteiger partial charge in [-0.2, -0.15) is 0 Å². The molecule has 0 radical (unpaired) electrons. The van der Waals surface area contributed by atoms with E-state index in [1.54, 1.807) is 19.2 Å². The molecule has 19 heavy (non-hydrogen) atoms. The number of carboxylic acids is 1. The van der Waals surface area contributed by atoms with Gasteiger partial charge in [-0.15, -0.1) is 0 Å². The number of benzene rings is 1. The third-order valence-corrected chi connectivity index (χ3v) is 2.80. The minimum absolute atomic E-state index is 0.194. The second kappa shape index (κ2) is 7.60. The molecular formula is C13H21N3O3. The molecule has 0 aromatic heterocycles. The molecule has 0 bridgehead atoms. The van der Waals surface area contributed by atoms with Gasteiger partial charge in [-0.05, 0) is 19.2 Å². The van der Waals surface area contributed by atoms with Crippen LogP contribution in [0.4, 0.5) is 11.4 Å². The van der Waals surface area contributed by atoms with Crippen molar-refractivity contribution in [3.8, 4) is 0 Å². The number of anilines is 2. The zero-order valence-electron chi connectivity index (χ0n) is 11.3. The molecule has 1 aromatic carbocycles. The number of para-hydroxylation sites is 1. The fourth-order valence-electron chi connectivity index (χ4n) is 1.68. The molecule has 6 nitrogen and oxygen atoms in total. The van der Waals surface area contributed by atoms with Crippen molar-refractivity contribution in [2.24, 2.45) is 0 Å². The first-order valence-corrected chi connectivity index (χ1v) is 6.09. The molecule has 6 heteroatoms. The van der Waals surface area contributed by atoms with Crippen molar-refractivity contribution >= 4 is 17.3 Å². The minimum atomic E-state index is -0.984. The molecule has 0 fully saturated rings. The maximum absolute atomic E-state index is 11.1. The average molecular weight is 267 g/mol. The van der Waals surface area contributed by atoms with Crippen LogP contribution in [0.15, 0.2) is 18.2 Å². The fourth-order valence-corrected chi connectivity index (χ4v) is 1.68. The van der Waals surface area contributed by atoms with E-state index in [9.17, 15) is 4.79 Å². The molecule has 1 aromatic rings. The van der Waals surface area contributed by atoms with Gasteiger partial charge in [-0.1, -0.05) is 6.07 Å². The number of nitrogens with zero attached hydrogens (tertiary/aromatic N) is 1. The predicted octanol–water partition coefficient (Wildman–Crippen LogP) is 0.957. The number of carboxylic acid groups (broad SMARTS) is 1. The SMILES string of the molecule is COCCN(C)CCNc1c(N)cccc1C(=O)O. The summed E-state index contributed by atoms with van der Waals surface area (Å²) in [5.74, 6) is -0.984. The molecule has 0 heterocycles. The van der Waals surface area contributed by atoms with Crippen LogP contribution < -0.4 is 11.1 Å². The summed E-state index contributed by atoms with van der Waals surface area (Å²) in [6.07, 6.45) is 0. The van der Waals surface area contributed by atoms with Gasteiger partial charge in [0.15, 0.2) is 0 Å². The summed E-state index contributed by atoms with van der Waals surface area (Å²) in [5.41, 5.74) is 6.92. The Labute approximate surface area is 113 Å². The molecule has 0 saturated carbocycles. The molecule has 0 saturated heterocycles. The Kier molecular flexibility index (Phi) is 6.11. The molecule has 0 unspecified atom stereocenters. The van der Waals surface area contributed by atoms with E-state index >= 15 is 0 Å². The number of hydrogen-bond donors (Lipinski definition) is 3. The lowest BCUT2D eigenvalue weighted by atomic mass is 10.1. The smallest absolute Gasteiger partial charge is 0.337 e. The lowest BCUT2D eigenvalue weighted by Crippen LogP contribution is -2.28. The monoisotopic (exact) mass is 267 g/mol. The van der Waals surface area contributed by atoms with Gasteiger partial charge in [0.05, 0.1) is 23.5 Å². The van der Waals surface area contributed by atoms with Crippen molar-refractivity contribution < 1.29 is 14.6 Å². The summed E-state index contributed by atoms with van der Waals surface area (Å²) < 4.78 is 4.99. The first-order valence-electron chi connectivity index (χ1n) is 6.09. The van der Waals surface area contributed by atoms with Gasteiger partial charge >= 0.3 is 5.97 Å². The van der Waals surface area contributed by atoms with E-state index in [-0.39, 0.29) is 5.56 Å². The Morgan fingerprint density at radius 1 is 1.47 bits per heavy atom. The standard InChI is InChI=1S/C13H21N3O3/c1-16(8-9-19-2)7-6-15-12-10(13(17)18)4-3-5-11(12)14/h3-5,15H,6-9,14H2,1-2H3,(H,17,18). The molecular weight excluding hydrogens is 246 g/mol. The summed E-state index contributed by atoms with van der Waals surface area (Å²) in [6, 6.07) is 4.85. The van der Waals surface area contributed by atoms with E-state index in [0.717, 1.165) is 13.1 Å². The summed E-state index contributed by atoms with van der Waals surface area (Å²) in [7, 11) is 3.64. The van der Waals surface area contributed by atoms with Gasteiger partial charge in [-0.3, -0.25) is 0 Å². The third kappa shape index (κ3) is 4.76. The molecule has 0 amide bonds. The van der Waals surface area contributed by atoms with Gasteiger partial charge in [0.2, 0.25) is 0 Å². The molecule has 0 aliphatic carbocycles. The number of ether oxygens (including phenoxy) is 1. The van der Waals surface area contributed by atoms with Crippen molar-refractivity contribution in [1.82, 2.24) is 4.90 Å². The lowest BCUT2D eigenvalue weighted by Gasteiger charge is -2.18. The minimum Gasteiger partial charge on any atom is -0.478 e. The first kappa shape index (κ1) is 15.3. The van der Waals surface area contributed by atoms with Gasteiger partial charge in [0.25, 0.3) is 0 Å². The van der Waals surface area contributed by atoms with E-state index in [4.69, 9.17) is 15.6 Å². The molecule has 0 aliphatic rings. The number of rotatable bonds is 8. The molecule has 1 rings (SSSR count). The van der Waals surface area contributed by atoms with Crippen LogP contribution in [0.5, 0.6) is 0 Å². The van der Waals surface area contributed by atoms with Crippen LogP contribution in [0.1, 0.15) is 10.4 Å². The number of hydrogen-bond acceptors (Lipinski definition) is 5. The normalized spacial score (nSPS) is 10.7. The zero-order chi connectivity index (χ0) is 14.3. The maximum atomic E-state index is 11.1. The van der Waals surface area contributed by atoms with Gasteiger partial charge in [-0.25, -0.2) is 4.79 Å². The van der Waals surface area contributed by atoms with E-state index in [2.05, 4.69) is 10.2 Å². The second-order valence-electron chi connectivity index (χ2n) is 4.30. The van der Waals surface area contributed by atoms with Crippen molar-refractivity contribution in [3.05, 3.63) is 23.8 Å². The third-order valence-electron chi connectivity index (χ3n) is 2.80. The highest BCUT2D eigenvalue weighted by Gasteiger charge is 2.12. The molecule has 0 atom stereocenters. The summed E-state index contributed by atoms with van der Waals surface area (Å²) in [5, 5.41) is 12.2. The maximum Gasteiger partial charge on any atom is 0.337 e. The lowest BCUT2D eigenvalue weighted by molar-refractivity contribution is 0.0698. The number of nitrogen functional groups attached to an aromatic ring is 1. The summed E-state index contributed by atoms with van der Waals surface area (Å²) in [6.45, 7) is 2.89. The topological polar surface area (TPSA) is 87.8 Å². The Hall–Kier alpha value is -1.79. The Morgan fingerprint density at radius 3 is 2.84 bits per heavy atom. The van der Waals surface area contributed by atoms with Crippen LogP contribution in [0.2, 0.25) is 0 Å². The fraction of sp³-hybridized carbons (Fsp3) is 0.462. The van der Waals surface area contributed by atoms with Gasteiger partial charge in [0.1, 0.15) is 0 Å². The van der Waals surface area contributed by atoms with Crippen molar-refractivity contribution in [2.75, 3.05) is 51.4 Å². The molecule has 0 aliphatic heterocycles. The first-order chi connectivity index (χ1) is 9.06. The van der Waals surface area contributed by atoms with E-state index < -0.39 is 5.97 Å². The van der Waals surface area contributed by atoms with Crippen molar-refractivity contribution in [2.45, 2.75) is 0 Å². The number of carbonyl (C=O) groups is 1. The number of likely N-dealkylation sites (N-methyl/N-ethyl adjacent to an activating group) is 1. The molecule has 4 N–H and O–H groups in total. The van der Waals surface area contributed by atoms with Crippen molar-refractivity contribution in [1.29, 1.82) is 0 Å². The highest BCUT2D eigenvalue weighted by molar-refractivity contribution is 5.97. The average Bonchev–Trinajstić information content (AvgIpc) is 2.37. The van der Waals surface area contributed by atoms with Gasteiger partial charge in [0, 0.05) is 26.7 Å². The van der Waals surface area contributed by atoms with Crippen LogP contribution in [0.25, 0.3) is 0 Å². The molecule has 0 spiro atoms. The van der Waals surface area contributed by atoms with Crippen LogP contribution in [-0.2, 0) is 4.74 Å². The summed E-state index contributed by atoms with van der Waals surface area (Å²) in [4.78, 5) is 13.2. The number of nitrogens with two attached hydrogens (primary N) is 1. The quantitative estimate of drug-likeness (QED) is 0.608. The largest absolute Gasteiger partial charge is 0.478 e. The Bertz CT molecular complexity index is 424. The Balaban J connectivity index is 2.55. The predicted molar refractivity (Wildman–Crippen MR) is 75.7 cm³/mol. The highest BCUT2D eigenvalue weighted by atomic mass is 16.5. The van der Waals surface area contributed by atoms with Crippen molar-refractivity contribution in [3.63, 3.8) is 0 Å². The second-order valence-corrected chi connectivity index (χ2v) is 4.30. The van der Waals surface area contributed by atoms with Crippen LogP contribution in [0, 0.1) is 0 Å². The summed E-state index contributed by atoms with van der Waals surface area (Å²) >= 11 is 0.